The summed E-state index contributed by atoms with van der Waals surface area (Å²) in [7, 11) is 0. The average molecular weight is 325 g/mol. The lowest BCUT2D eigenvalue weighted by molar-refractivity contribution is 1.09. The van der Waals surface area contributed by atoms with Crippen LogP contribution in [-0.2, 0) is 0 Å². The van der Waals surface area contributed by atoms with Crippen molar-refractivity contribution in [1.29, 1.82) is 0 Å². The fraction of sp³-hybridized carbons (Fsp3) is 0.111. The summed E-state index contributed by atoms with van der Waals surface area (Å²) in [5.74, 6) is 1.34. The zero-order chi connectivity index (χ0) is 16.1. The molecule has 0 unspecified atom stereocenters. The third-order valence-electron chi connectivity index (χ3n) is 3.25. The van der Waals surface area contributed by atoms with Gasteiger partial charge in [-0.25, -0.2) is 4.98 Å². The van der Waals surface area contributed by atoms with Crippen molar-refractivity contribution < 1.29 is 0 Å². The maximum absolute atomic E-state index is 5.92. The second kappa shape index (κ2) is 7.11. The summed E-state index contributed by atoms with van der Waals surface area (Å²) in [6.45, 7) is 2.78. The van der Waals surface area contributed by atoms with Crippen molar-refractivity contribution in [2.45, 2.75) is 6.92 Å². The number of rotatable bonds is 5. The summed E-state index contributed by atoms with van der Waals surface area (Å²) in [6, 6.07) is 19.5. The van der Waals surface area contributed by atoms with Gasteiger partial charge < -0.3 is 10.6 Å². The Hall–Kier alpha value is -2.59. The van der Waals surface area contributed by atoms with E-state index >= 15 is 0 Å². The van der Waals surface area contributed by atoms with Gasteiger partial charge in [0.2, 0.25) is 5.95 Å². The SMILES string of the molecule is CCNc1nc(Nc2ccc(Cl)cc2)cc(-c2ccccc2)n1. The van der Waals surface area contributed by atoms with Gasteiger partial charge in [0.15, 0.2) is 0 Å². The Labute approximate surface area is 140 Å². The Morgan fingerprint density at radius 2 is 1.70 bits per heavy atom. The number of benzene rings is 2. The van der Waals surface area contributed by atoms with Crippen LogP contribution in [0.1, 0.15) is 6.92 Å². The molecule has 0 aliphatic rings. The Morgan fingerprint density at radius 1 is 0.957 bits per heavy atom. The van der Waals surface area contributed by atoms with Crippen molar-refractivity contribution in [3.05, 3.63) is 65.7 Å². The first-order chi connectivity index (χ1) is 11.2. The number of nitrogens with one attached hydrogen (secondary N) is 2. The Morgan fingerprint density at radius 3 is 2.39 bits per heavy atom. The van der Waals surface area contributed by atoms with Crippen molar-refractivity contribution in [1.82, 2.24) is 9.97 Å². The molecular weight excluding hydrogens is 308 g/mol. The normalized spacial score (nSPS) is 10.3. The lowest BCUT2D eigenvalue weighted by Crippen LogP contribution is -2.05. The summed E-state index contributed by atoms with van der Waals surface area (Å²) >= 11 is 5.92. The standard InChI is InChI=1S/C18H17ClN4/c1-2-20-18-22-16(13-6-4-3-5-7-13)12-17(23-18)21-15-10-8-14(19)9-11-15/h3-12H,2H2,1H3,(H2,20,21,22,23). The first-order valence-electron chi connectivity index (χ1n) is 7.45. The molecule has 3 aromatic rings. The van der Waals surface area contributed by atoms with E-state index in [1.54, 1.807) is 0 Å². The van der Waals surface area contributed by atoms with Crippen molar-refractivity contribution in [3.63, 3.8) is 0 Å². The summed E-state index contributed by atoms with van der Waals surface area (Å²) in [6.07, 6.45) is 0. The highest BCUT2D eigenvalue weighted by Crippen LogP contribution is 2.24. The van der Waals surface area contributed by atoms with Gasteiger partial charge in [-0.3, -0.25) is 0 Å². The number of aromatic nitrogens is 2. The molecule has 1 heterocycles. The fourth-order valence-electron chi connectivity index (χ4n) is 2.19. The van der Waals surface area contributed by atoms with Gasteiger partial charge in [-0.05, 0) is 31.2 Å². The Kier molecular flexibility index (Phi) is 4.74. The van der Waals surface area contributed by atoms with Crippen LogP contribution < -0.4 is 10.6 Å². The molecule has 0 amide bonds. The quantitative estimate of drug-likeness (QED) is 0.695. The zero-order valence-corrected chi connectivity index (χ0v) is 13.5. The molecule has 0 saturated heterocycles. The molecule has 23 heavy (non-hydrogen) atoms. The molecule has 0 radical (unpaired) electrons. The van der Waals surface area contributed by atoms with E-state index in [2.05, 4.69) is 20.6 Å². The van der Waals surface area contributed by atoms with E-state index in [1.807, 2.05) is 67.6 Å². The molecule has 0 spiro atoms. The molecular formula is C18H17ClN4. The van der Waals surface area contributed by atoms with Gasteiger partial charge in [-0.15, -0.1) is 0 Å². The van der Waals surface area contributed by atoms with Crippen molar-refractivity contribution >= 4 is 29.1 Å². The minimum atomic E-state index is 0.602. The average Bonchev–Trinajstić information content (AvgIpc) is 2.58. The monoisotopic (exact) mass is 324 g/mol. The maximum Gasteiger partial charge on any atom is 0.225 e. The van der Waals surface area contributed by atoms with Gasteiger partial charge in [0.1, 0.15) is 5.82 Å². The van der Waals surface area contributed by atoms with E-state index < -0.39 is 0 Å². The molecule has 2 N–H and O–H groups in total. The maximum atomic E-state index is 5.92. The number of nitrogens with zero attached hydrogens (tertiary/aromatic N) is 2. The molecule has 0 saturated carbocycles. The lowest BCUT2D eigenvalue weighted by atomic mass is 10.1. The van der Waals surface area contributed by atoms with Gasteiger partial charge in [-0.1, -0.05) is 41.9 Å². The van der Waals surface area contributed by atoms with Crippen LogP contribution in [0.3, 0.4) is 0 Å². The second-order valence-electron chi connectivity index (χ2n) is 4.99. The minimum absolute atomic E-state index is 0.602. The summed E-state index contributed by atoms with van der Waals surface area (Å²) < 4.78 is 0. The number of halogens is 1. The molecule has 3 rings (SSSR count). The van der Waals surface area contributed by atoms with E-state index in [0.29, 0.717) is 11.0 Å². The predicted octanol–water partition coefficient (Wildman–Crippen LogP) is 4.97. The topological polar surface area (TPSA) is 49.8 Å². The minimum Gasteiger partial charge on any atom is -0.354 e. The molecule has 0 fully saturated rings. The van der Waals surface area contributed by atoms with Crippen molar-refractivity contribution in [2.24, 2.45) is 0 Å². The van der Waals surface area contributed by atoms with Gasteiger partial charge in [-0.2, -0.15) is 4.98 Å². The van der Waals surface area contributed by atoms with Gasteiger partial charge in [0.05, 0.1) is 5.69 Å². The Bertz CT molecular complexity index is 773. The van der Waals surface area contributed by atoms with Crippen LogP contribution >= 0.6 is 11.6 Å². The lowest BCUT2D eigenvalue weighted by Gasteiger charge is -2.11. The van der Waals surface area contributed by atoms with Crippen molar-refractivity contribution in [3.8, 4) is 11.3 Å². The van der Waals surface area contributed by atoms with E-state index in [0.717, 1.165) is 29.3 Å². The molecule has 0 aliphatic heterocycles. The fourth-order valence-corrected chi connectivity index (χ4v) is 2.31. The molecule has 1 aromatic heterocycles. The summed E-state index contributed by atoms with van der Waals surface area (Å²) in [5.41, 5.74) is 2.84. The smallest absolute Gasteiger partial charge is 0.225 e. The number of hydrogen-bond acceptors (Lipinski definition) is 4. The molecule has 0 aliphatic carbocycles. The van der Waals surface area contributed by atoms with Crippen molar-refractivity contribution in [2.75, 3.05) is 17.2 Å². The van der Waals surface area contributed by atoms with Crippen LogP contribution in [-0.4, -0.2) is 16.5 Å². The highest BCUT2D eigenvalue weighted by atomic mass is 35.5. The molecule has 0 bridgehead atoms. The first-order valence-corrected chi connectivity index (χ1v) is 7.83. The van der Waals surface area contributed by atoms with Gasteiger partial charge in [0, 0.05) is 28.9 Å². The second-order valence-corrected chi connectivity index (χ2v) is 5.43. The van der Waals surface area contributed by atoms with Crippen LogP contribution in [0.2, 0.25) is 5.02 Å². The zero-order valence-electron chi connectivity index (χ0n) is 12.8. The van der Waals surface area contributed by atoms with Crippen LogP contribution in [0.5, 0.6) is 0 Å². The largest absolute Gasteiger partial charge is 0.354 e. The van der Waals surface area contributed by atoms with Crippen LogP contribution in [0, 0.1) is 0 Å². The number of hydrogen-bond donors (Lipinski definition) is 2. The predicted molar refractivity (Wildman–Crippen MR) is 96.4 cm³/mol. The molecule has 5 heteroatoms. The molecule has 0 atom stereocenters. The van der Waals surface area contributed by atoms with E-state index in [9.17, 15) is 0 Å². The molecule has 2 aromatic carbocycles. The van der Waals surface area contributed by atoms with E-state index in [1.165, 1.54) is 0 Å². The third-order valence-corrected chi connectivity index (χ3v) is 3.50. The van der Waals surface area contributed by atoms with Gasteiger partial charge in [0.25, 0.3) is 0 Å². The van der Waals surface area contributed by atoms with E-state index in [4.69, 9.17) is 11.6 Å². The summed E-state index contributed by atoms with van der Waals surface area (Å²) in [5, 5.41) is 7.17. The van der Waals surface area contributed by atoms with Crippen LogP contribution in [0.15, 0.2) is 60.7 Å². The molecule has 4 nitrogen and oxygen atoms in total. The first kappa shape index (κ1) is 15.3. The van der Waals surface area contributed by atoms with E-state index in [-0.39, 0.29) is 0 Å². The summed E-state index contributed by atoms with van der Waals surface area (Å²) in [4.78, 5) is 9.07. The molecule has 116 valence electrons. The Balaban J connectivity index is 1.95. The third kappa shape index (κ3) is 3.99. The van der Waals surface area contributed by atoms with Gasteiger partial charge >= 0.3 is 0 Å². The van der Waals surface area contributed by atoms with Crippen LogP contribution in [0.4, 0.5) is 17.5 Å². The highest BCUT2D eigenvalue weighted by Gasteiger charge is 2.06. The number of anilines is 3. The highest BCUT2D eigenvalue weighted by molar-refractivity contribution is 6.30. The van der Waals surface area contributed by atoms with Crippen LogP contribution in [0.25, 0.3) is 11.3 Å².